The summed E-state index contributed by atoms with van der Waals surface area (Å²) in [4.78, 5) is 23.5. The number of aromatic amines is 1. The Kier molecular flexibility index (Phi) is 7.20. The molecule has 3 fully saturated rings. The molecule has 8 nitrogen and oxygen atoms in total. The third-order valence-corrected chi connectivity index (χ3v) is 9.74. The average molecular weight is 616 g/mol. The van der Waals surface area contributed by atoms with Gasteiger partial charge in [-0.1, -0.05) is 30.3 Å². The van der Waals surface area contributed by atoms with Crippen molar-refractivity contribution in [3.8, 4) is 22.6 Å². The first-order valence-corrected chi connectivity index (χ1v) is 16.7. The van der Waals surface area contributed by atoms with Crippen molar-refractivity contribution in [1.29, 1.82) is 0 Å². The third-order valence-electron chi connectivity index (χ3n) is 9.74. The lowest BCUT2D eigenvalue weighted by molar-refractivity contribution is 0.00672. The summed E-state index contributed by atoms with van der Waals surface area (Å²) < 4.78 is 14.1. The molecule has 46 heavy (non-hydrogen) atoms. The molecule has 1 aliphatic heterocycles. The fourth-order valence-corrected chi connectivity index (χ4v) is 7.26. The normalized spacial score (nSPS) is 21.8. The lowest BCUT2D eigenvalue weighted by atomic mass is 9.84. The van der Waals surface area contributed by atoms with Gasteiger partial charge in [-0.2, -0.15) is 5.10 Å². The van der Waals surface area contributed by atoms with Crippen LogP contribution < -0.4 is 4.74 Å². The summed E-state index contributed by atoms with van der Waals surface area (Å²) in [5.41, 5.74) is 5.60. The molecule has 2 saturated carbocycles. The van der Waals surface area contributed by atoms with E-state index in [0.29, 0.717) is 35.2 Å². The zero-order chi connectivity index (χ0) is 31.4. The smallest absolute Gasteiger partial charge is 0.342 e. The number of esters is 1. The number of carbonyl (C=O) groups is 1. The van der Waals surface area contributed by atoms with Crippen molar-refractivity contribution in [1.82, 2.24) is 24.6 Å². The van der Waals surface area contributed by atoms with E-state index < -0.39 is 11.6 Å². The van der Waals surface area contributed by atoms with E-state index in [9.17, 15) is 4.79 Å². The van der Waals surface area contributed by atoms with E-state index in [1.165, 1.54) is 32.2 Å². The number of ether oxygens (including phenoxy) is 2. The predicted molar refractivity (Wildman–Crippen MR) is 178 cm³/mol. The standard InChI is InChI=1S/C38H41N5O3/c1-38(2,3)46-37(44)33-13-12-25(18-35(33)45-30-17-26-14-15-39-36(26)40-22-30)27-21-41-43(23-27)29-19-28(20-29)42-16-6-9-34(42)32-8-5-4-7-31(32)24-10-11-24/h4-5,7-8,12-15,17-18,21-24,28-29,34H,6,9-11,16,19-20H2,1-3H3,(H,39,40)/t28?,29?,34-/m0/s1. The Labute approximate surface area is 269 Å². The minimum absolute atomic E-state index is 0.366. The van der Waals surface area contributed by atoms with Gasteiger partial charge in [0.1, 0.15) is 28.3 Å². The minimum Gasteiger partial charge on any atom is -0.456 e. The molecule has 1 N–H and O–H groups in total. The number of carbonyl (C=O) groups excluding carboxylic acids is 1. The van der Waals surface area contributed by atoms with Gasteiger partial charge in [-0.15, -0.1) is 0 Å². The molecule has 0 amide bonds. The van der Waals surface area contributed by atoms with Gasteiger partial charge < -0.3 is 14.5 Å². The third kappa shape index (κ3) is 5.71. The molecule has 2 aliphatic carbocycles. The number of hydrogen-bond acceptors (Lipinski definition) is 6. The quantitative estimate of drug-likeness (QED) is 0.176. The summed E-state index contributed by atoms with van der Waals surface area (Å²) in [5.74, 6) is 1.32. The van der Waals surface area contributed by atoms with Crippen LogP contribution in [0.4, 0.5) is 0 Å². The predicted octanol–water partition coefficient (Wildman–Crippen LogP) is 8.59. The summed E-state index contributed by atoms with van der Waals surface area (Å²) in [6.07, 6.45) is 15.0. The molecule has 2 aromatic carbocycles. The molecule has 3 aliphatic rings. The second kappa shape index (κ2) is 11.4. The highest BCUT2D eigenvalue weighted by atomic mass is 16.6. The first kappa shape index (κ1) is 29.0. The molecule has 1 atom stereocenters. The lowest BCUT2D eigenvalue weighted by Gasteiger charge is -2.44. The second-order valence-electron chi connectivity index (χ2n) is 14.2. The van der Waals surface area contributed by atoms with Crippen molar-refractivity contribution in [2.45, 2.75) is 88.9 Å². The molecular formula is C38H41N5O3. The largest absolute Gasteiger partial charge is 0.456 e. The summed E-state index contributed by atoms with van der Waals surface area (Å²) in [6.45, 7) is 6.77. The maximum atomic E-state index is 13.2. The molecule has 5 aromatic rings. The summed E-state index contributed by atoms with van der Waals surface area (Å²) in [6, 6.07) is 20.2. The highest BCUT2D eigenvalue weighted by Crippen LogP contribution is 2.48. The van der Waals surface area contributed by atoms with E-state index in [4.69, 9.17) is 14.6 Å². The monoisotopic (exact) mass is 615 g/mol. The molecule has 4 heterocycles. The highest BCUT2D eigenvalue weighted by Gasteiger charge is 2.41. The molecule has 0 bridgehead atoms. The van der Waals surface area contributed by atoms with Gasteiger partial charge in [-0.05, 0) is 113 Å². The fourth-order valence-electron chi connectivity index (χ4n) is 7.26. The van der Waals surface area contributed by atoms with Crippen LogP contribution in [0.1, 0.15) is 98.8 Å². The van der Waals surface area contributed by atoms with Crippen LogP contribution in [0.2, 0.25) is 0 Å². The summed E-state index contributed by atoms with van der Waals surface area (Å²) >= 11 is 0. The van der Waals surface area contributed by atoms with Crippen LogP contribution in [-0.2, 0) is 4.74 Å². The maximum absolute atomic E-state index is 13.2. The van der Waals surface area contributed by atoms with Gasteiger partial charge in [-0.25, -0.2) is 9.78 Å². The van der Waals surface area contributed by atoms with Crippen LogP contribution in [0.25, 0.3) is 22.2 Å². The van der Waals surface area contributed by atoms with Crippen molar-refractivity contribution in [3.63, 3.8) is 0 Å². The Hall–Kier alpha value is -4.43. The SMILES string of the molecule is CC(C)(C)OC(=O)c1ccc(-c2cnn(C3CC(N4CCC[C@H]4c4ccccc4C4CC4)C3)c2)cc1Oc1cnc2[nH]ccc2c1. The maximum Gasteiger partial charge on any atom is 0.342 e. The molecule has 0 unspecified atom stereocenters. The fraction of sp³-hybridized carbons (Fsp3) is 0.395. The van der Waals surface area contributed by atoms with Crippen molar-refractivity contribution in [3.05, 3.63) is 96.1 Å². The number of H-pyrrole nitrogens is 1. The Balaban J connectivity index is 1.00. The number of likely N-dealkylation sites (tertiary alicyclic amines) is 1. The van der Waals surface area contributed by atoms with Gasteiger partial charge in [0, 0.05) is 35.4 Å². The van der Waals surface area contributed by atoms with Crippen molar-refractivity contribution in [2.24, 2.45) is 0 Å². The van der Waals surface area contributed by atoms with E-state index in [0.717, 1.165) is 40.9 Å². The number of pyridine rings is 1. The Morgan fingerprint density at radius 1 is 0.935 bits per heavy atom. The molecule has 1 saturated heterocycles. The molecule has 3 aromatic heterocycles. The van der Waals surface area contributed by atoms with E-state index in [1.807, 2.05) is 57.4 Å². The van der Waals surface area contributed by atoms with Gasteiger partial charge >= 0.3 is 5.97 Å². The molecule has 0 radical (unpaired) electrons. The topological polar surface area (TPSA) is 85.3 Å². The molecular weight excluding hydrogens is 574 g/mol. The highest BCUT2D eigenvalue weighted by molar-refractivity contribution is 5.94. The zero-order valence-electron chi connectivity index (χ0n) is 26.8. The molecule has 8 rings (SSSR count). The minimum atomic E-state index is -0.629. The van der Waals surface area contributed by atoms with Crippen molar-refractivity contribution < 1.29 is 14.3 Å². The average Bonchev–Trinajstić information content (AvgIpc) is 3.35. The van der Waals surface area contributed by atoms with Gasteiger partial charge in [0.2, 0.25) is 0 Å². The van der Waals surface area contributed by atoms with Gasteiger partial charge in [0.15, 0.2) is 0 Å². The number of fused-ring (bicyclic) bond motifs is 1. The number of aromatic nitrogens is 4. The number of hydrogen-bond donors (Lipinski definition) is 1. The van der Waals surface area contributed by atoms with Crippen LogP contribution in [0, 0.1) is 0 Å². The molecule has 236 valence electrons. The molecule has 0 spiro atoms. The Morgan fingerprint density at radius 2 is 1.76 bits per heavy atom. The Bertz CT molecular complexity index is 1890. The summed E-state index contributed by atoms with van der Waals surface area (Å²) in [5, 5.41) is 5.73. The Morgan fingerprint density at radius 3 is 2.57 bits per heavy atom. The number of nitrogens with one attached hydrogen (secondary N) is 1. The number of nitrogens with zero attached hydrogens (tertiary/aromatic N) is 4. The zero-order valence-corrected chi connectivity index (χ0v) is 26.8. The number of benzene rings is 2. The van der Waals surface area contributed by atoms with Crippen LogP contribution >= 0.6 is 0 Å². The lowest BCUT2D eigenvalue weighted by Crippen LogP contribution is -2.45. The number of rotatable bonds is 8. The summed E-state index contributed by atoms with van der Waals surface area (Å²) in [7, 11) is 0. The van der Waals surface area contributed by atoms with Crippen LogP contribution in [0.3, 0.4) is 0 Å². The van der Waals surface area contributed by atoms with Gasteiger partial charge in [0.05, 0.1) is 18.4 Å². The van der Waals surface area contributed by atoms with Gasteiger partial charge in [-0.3, -0.25) is 9.58 Å². The van der Waals surface area contributed by atoms with Crippen molar-refractivity contribution >= 4 is 17.0 Å². The van der Waals surface area contributed by atoms with Crippen molar-refractivity contribution in [2.75, 3.05) is 6.54 Å². The first-order valence-electron chi connectivity index (χ1n) is 16.7. The second-order valence-corrected chi connectivity index (χ2v) is 14.2. The first-order chi connectivity index (χ1) is 22.3. The van der Waals surface area contributed by atoms with Crippen LogP contribution in [0.5, 0.6) is 11.5 Å². The van der Waals surface area contributed by atoms with E-state index in [1.54, 1.807) is 23.4 Å². The van der Waals surface area contributed by atoms with E-state index in [2.05, 4.69) is 50.0 Å². The van der Waals surface area contributed by atoms with Crippen LogP contribution in [-0.4, -0.2) is 48.8 Å². The van der Waals surface area contributed by atoms with Crippen LogP contribution in [0.15, 0.2) is 79.4 Å². The van der Waals surface area contributed by atoms with E-state index in [-0.39, 0.29) is 0 Å². The molecule has 8 heteroatoms. The van der Waals surface area contributed by atoms with Gasteiger partial charge in [0.25, 0.3) is 0 Å². The van der Waals surface area contributed by atoms with E-state index >= 15 is 0 Å².